The van der Waals surface area contributed by atoms with Gasteiger partial charge < -0.3 is 9.84 Å². The number of rotatable bonds is 2. The fourth-order valence-corrected chi connectivity index (χ4v) is 1.89. The van der Waals surface area contributed by atoms with Gasteiger partial charge >= 0.3 is 5.97 Å². The zero-order valence-electron chi connectivity index (χ0n) is 9.04. The minimum Gasteiger partial charge on any atom is -0.467 e. The lowest BCUT2D eigenvalue weighted by atomic mass is 10.1. The van der Waals surface area contributed by atoms with E-state index in [1.54, 1.807) is 13.8 Å². The van der Waals surface area contributed by atoms with Crippen LogP contribution >= 0.6 is 23.2 Å². The summed E-state index contributed by atoms with van der Waals surface area (Å²) >= 11 is 11.8. The van der Waals surface area contributed by atoms with E-state index in [4.69, 9.17) is 23.2 Å². The van der Waals surface area contributed by atoms with E-state index in [2.05, 4.69) is 9.72 Å². The average Bonchev–Trinajstić information content (AvgIpc) is 2.24. The van der Waals surface area contributed by atoms with Crippen LogP contribution in [-0.4, -0.2) is 23.2 Å². The van der Waals surface area contributed by atoms with Crippen molar-refractivity contribution in [1.82, 2.24) is 4.98 Å². The molecule has 0 aliphatic heterocycles. The second kappa shape index (κ2) is 4.99. The monoisotopic (exact) mass is 263 g/mol. The number of aromatic nitrogens is 1. The second-order valence-electron chi connectivity index (χ2n) is 3.27. The van der Waals surface area contributed by atoms with Gasteiger partial charge in [-0.15, -0.1) is 0 Å². The van der Waals surface area contributed by atoms with Crippen molar-refractivity contribution in [3.05, 3.63) is 27.0 Å². The SMILES string of the molecule is COC(=O)[C@@H](O)c1c(C)nc(Cl)c(C)c1Cl. The second-order valence-corrected chi connectivity index (χ2v) is 4.00. The molecule has 1 heterocycles. The minimum absolute atomic E-state index is 0.232. The molecule has 16 heavy (non-hydrogen) atoms. The number of aryl methyl sites for hydroxylation is 1. The molecule has 1 atom stereocenters. The molecule has 0 fully saturated rings. The fourth-order valence-electron chi connectivity index (χ4n) is 1.29. The molecular formula is C10H11Cl2NO3. The zero-order valence-corrected chi connectivity index (χ0v) is 10.6. The van der Waals surface area contributed by atoms with E-state index >= 15 is 0 Å². The molecule has 0 radical (unpaired) electrons. The van der Waals surface area contributed by atoms with Crippen molar-refractivity contribution >= 4 is 29.2 Å². The molecule has 4 nitrogen and oxygen atoms in total. The number of aliphatic hydroxyl groups excluding tert-OH is 1. The van der Waals surface area contributed by atoms with Crippen molar-refractivity contribution in [1.29, 1.82) is 0 Å². The van der Waals surface area contributed by atoms with Crippen LogP contribution in [0.3, 0.4) is 0 Å². The molecule has 1 rings (SSSR count). The van der Waals surface area contributed by atoms with E-state index in [9.17, 15) is 9.90 Å². The molecule has 0 saturated heterocycles. The van der Waals surface area contributed by atoms with Gasteiger partial charge in [-0.25, -0.2) is 9.78 Å². The van der Waals surface area contributed by atoms with Crippen LogP contribution in [0, 0.1) is 13.8 Å². The molecule has 1 aromatic rings. The van der Waals surface area contributed by atoms with E-state index in [1.807, 2.05) is 0 Å². The third-order valence-corrected chi connectivity index (χ3v) is 3.08. The summed E-state index contributed by atoms with van der Waals surface area (Å²) in [5.41, 5.74) is 1.15. The Labute approximate surface area is 103 Å². The Hall–Kier alpha value is -0.840. The number of hydrogen-bond acceptors (Lipinski definition) is 4. The standard InChI is InChI=1S/C10H11Cl2NO3/c1-4-7(11)6(5(2)13-9(4)12)8(14)10(15)16-3/h8,14H,1-3H3/t8-/m0/s1. The maximum Gasteiger partial charge on any atom is 0.339 e. The van der Waals surface area contributed by atoms with E-state index in [0.29, 0.717) is 11.3 Å². The Morgan fingerprint density at radius 1 is 1.44 bits per heavy atom. The largest absolute Gasteiger partial charge is 0.467 e. The molecule has 0 saturated carbocycles. The first-order valence-corrected chi connectivity index (χ1v) is 5.23. The minimum atomic E-state index is -1.44. The number of pyridine rings is 1. The topological polar surface area (TPSA) is 59.4 Å². The summed E-state index contributed by atoms with van der Waals surface area (Å²) < 4.78 is 4.44. The molecule has 1 aromatic heterocycles. The van der Waals surface area contributed by atoms with Crippen LogP contribution in [0.4, 0.5) is 0 Å². The molecule has 1 N–H and O–H groups in total. The highest BCUT2D eigenvalue weighted by Gasteiger charge is 2.25. The van der Waals surface area contributed by atoms with Gasteiger partial charge in [0.1, 0.15) is 5.15 Å². The highest BCUT2D eigenvalue weighted by Crippen LogP contribution is 2.32. The number of nitrogens with zero attached hydrogens (tertiary/aromatic N) is 1. The normalized spacial score (nSPS) is 12.4. The first-order valence-electron chi connectivity index (χ1n) is 4.48. The van der Waals surface area contributed by atoms with Crippen LogP contribution in [0.5, 0.6) is 0 Å². The van der Waals surface area contributed by atoms with E-state index in [0.717, 1.165) is 0 Å². The number of aliphatic hydroxyl groups is 1. The molecule has 0 aromatic carbocycles. The lowest BCUT2D eigenvalue weighted by Crippen LogP contribution is -2.16. The fraction of sp³-hybridized carbons (Fsp3) is 0.400. The van der Waals surface area contributed by atoms with Crippen molar-refractivity contribution in [2.75, 3.05) is 7.11 Å². The summed E-state index contributed by atoms with van der Waals surface area (Å²) in [7, 11) is 1.19. The van der Waals surface area contributed by atoms with E-state index < -0.39 is 12.1 Å². The van der Waals surface area contributed by atoms with Gasteiger partial charge in [-0.05, 0) is 13.8 Å². The van der Waals surface area contributed by atoms with Gasteiger partial charge in [0.2, 0.25) is 0 Å². The van der Waals surface area contributed by atoms with Crippen molar-refractivity contribution in [3.8, 4) is 0 Å². The number of carbonyl (C=O) groups excluding carboxylic acids is 1. The van der Waals surface area contributed by atoms with Crippen LogP contribution < -0.4 is 0 Å². The van der Waals surface area contributed by atoms with Crippen molar-refractivity contribution in [2.45, 2.75) is 20.0 Å². The van der Waals surface area contributed by atoms with Crippen molar-refractivity contribution in [2.24, 2.45) is 0 Å². The Morgan fingerprint density at radius 3 is 2.50 bits per heavy atom. The van der Waals surface area contributed by atoms with Gasteiger partial charge in [-0.1, -0.05) is 23.2 Å². The Balaban J connectivity index is 3.34. The van der Waals surface area contributed by atoms with Crippen molar-refractivity contribution < 1.29 is 14.6 Å². The number of carbonyl (C=O) groups is 1. The van der Waals surface area contributed by atoms with Crippen LogP contribution in [0.1, 0.15) is 22.9 Å². The number of ether oxygens (including phenoxy) is 1. The molecule has 0 aliphatic rings. The summed E-state index contributed by atoms with van der Waals surface area (Å²) in [4.78, 5) is 15.2. The van der Waals surface area contributed by atoms with Gasteiger partial charge in [-0.2, -0.15) is 0 Å². The van der Waals surface area contributed by atoms with Crippen molar-refractivity contribution in [3.63, 3.8) is 0 Å². The molecule has 0 amide bonds. The third kappa shape index (κ3) is 2.29. The average molecular weight is 264 g/mol. The summed E-state index contributed by atoms with van der Waals surface area (Å²) in [6.07, 6.45) is -1.44. The number of halogens is 2. The van der Waals surface area contributed by atoms with Crippen LogP contribution in [-0.2, 0) is 9.53 Å². The zero-order chi connectivity index (χ0) is 12.5. The highest BCUT2D eigenvalue weighted by atomic mass is 35.5. The predicted octanol–water partition coefficient (Wildman–Crippen LogP) is 2.21. The maximum absolute atomic E-state index is 11.2. The first-order chi connectivity index (χ1) is 7.40. The number of hydrogen-bond donors (Lipinski definition) is 1. The quantitative estimate of drug-likeness (QED) is 0.657. The summed E-state index contributed by atoms with van der Waals surface area (Å²) in [6, 6.07) is 0. The summed E-state index contributed by atoms with van der Waals surface area (Å²) in [5.74, 6) is -0.784. The molecule has 0 unspecified atom stereocenters. The first kappa shape index (κ1) is 13.2. The number of methoxy groups -OCH3 is 1. The van der Waals surface area contributed by atoms with Gasteiger partial charge in [0.15, 0.2) is 6.10 Å². The Kier molecular flexibility index (Phi) is 4.13. The van der Waals surface area contributed by atoms with E-state index in [-0.39, 0.29) is 15.7 Å². The van der Waals surface area contributed by atoms with Crippen LogP contribution in [0.25, 0.3) is 0 Å². The smallest absolute Gasteiger partial charge is 0.339 e. The van der Waals surface area contributed by atoms with Crippen LogP contribution in [0.2, 0.25) is 10.2 Å². The van der Waals surface area contributed by atoms with E-state index in [1.165, 1.54) is 7.11 Å². The molecule has 0 aliphatic carbocycles. The van der Waals surface area contributed by atoms with Gasteiger partial charge in [0.25, 0.3) is 0 Å². The molecule has 0 bridgehead atoms. The Morgan fingerprint density at radius 2 is 2.00 bits per heavy atom. The lowest BCUT2D eigenvalue weighted by Gasteiger charge is -2.15. The highest BCUT2D eigenvalue weighted by molar-refractivity contribution is 6.36. The predicted molar refractivity (Wildman–Crippen MR) is 60.7 cm³/mol. The van der Waals surface area contributed by atoms with Gasteiger partial charge in [0, 0.05) is 16.8 Å². The van der Waals surface area contributed by atoms with Gasteiger partial charge in [0.05, 0.1) is 12.1 Å². The lowest BCUT2D eigenvalue weighted by molar-refractivity contribution is -0.150. The summed E-state index contributed by atoms with van der Waals surface area (Å²) in [5, 5.41) is 10.2. The number of esters is 1. The Bertz CT molecular complexity index is 435. The third-order valence-electron chi connectivity index (χ3n) is 2.23. The van der Waals surface area contributed by atoms with Gasteiger partial charge in [-0.3, -0.25) is 0 Å². The summed E-state index contributed by atoms with van der Waals surface area (Å²) in [6.45, 7) is 3.27. The maximum atomic E-state index is 11.2. The molecular weight excluding hydrogens is 253 g/mol. The van der Waals surface area contributed by atoms with Crippen LogP contribution in [0.15, 0.2) is 0 Å². The molecule has 88 valence electrons. The molecule has 6 heteroatoms. The molecule has 0 spiro atoms.